The monoisotopic (exact) mass is 296 g/mol. The summed E-state index contributed by atoms with van der Waals surface area (Å²) in [6, 6.07) is 0. The highest BCUT2D eigenvalue weighted by molar-refractivity contribution is 6.06. The maximum absolute atomic E-state index is 12.7. The molecule has 3 fully saturated rings. The second kappa shape index (κ2) is 3.90. The van der Waals surface area contributed by atoms with Gasteiger partial charge >= 0.3 is 0 Å². The molecule has 116 valence electrons. The van der Waals surface area contributed by atoms with Crippen LogP contribution in [0.5, 0.6) is 0 Å². The highest BCUT2D eigenvalue weighted by Crippen LogP contribution is 2.71. The number of hydrogen-bond donors (Lipinski definition) is 0. The third kappa shape index (κ3) is 1.37. The number of carbonyl (C=O) groups is 2. The van der Waals surface area contributed by atoms with Crippen LogP contribution in [0.4, 0.5) is 0 Å². The lowest BCUT2D eigenvalue weighted by Gasteiger charge is -2.59. The van der Waals surface area contributed by atoms with E-state index < -0.39 is 0 Å². The van der Waals surface area contributed by atoms with Crippen LogP contribution in [0.15, 0.2) is 36.5 Å². The van der Waals surface area contributed by atoms with Crippen molar-refractivity contribution in [1.29, 1.82) is 0 Å². The minimum Gasteiger partial charge on any atom is -0.294 e. The van der Waals surface area contributed by atoms with Gasteiger partial charge in [-0.15, -0.1) is 0 Å². The Kier molecular flexibility index (Phi) is 2.51. The molecule has 0 aromatic heterocycles. The Morgan fingerprint density at radius 2 is 1.86 bits per heavy atom. The Morgan fingerprint density at radius 3 is 2.59 bits per heavy atom. The van der Waals surface area contributed by atoms with E-state index in [1.165, 1.54) is 0 Å². The van der Waals surface area contributed by atoms with E-state index in [9.17, 15) is 9.59 Å². The van der Waals surface area contributed by atoms with Crippen molar-refractivity contribution in [3.63, 3.8) is 0 Å². The van der Waals surface area contributed by atoms with E-state index in [4.69, 9.17) is 0 Å². The van der Waals surface area contributed by atoms with Crippen LogP contribution >= 0.6 is 0 Å². The van der Waals surface area contributed by atoms with Gasteiger partial charge in [-0.05, 0) is 66.6 Å². The van der Waals surface area contributed by atoms with Gasteiger partial charge in [-0.25, -0.2) is 0 Å². The van der Waals surface area contributed by atoms with Gasteiger partial charge in [-0.3, -0.25) is 9.59 Å². The lowest BCUT2D eigenvalue weighted by atomic mass is 9.44. The predicted molar refractivity (Wildman–Crippen MR) is 86.1 cm³/mol. The summed E-state index contributed by atoms with van der Waals surface area (Å²) in [5.74, 6) is 1.02. The van der Waals surface area contributed by atoms with Gasteiger partial charge in [-0.2, -0.15) is 0 Å². The van der Waals surface area contributed by atoms with Gasteiger partial charge in [0.05, 0.1) is 0 Å². The molecule has 2 nitrogen and oxygen atoms in total. The topological polar surface area (TPSA) is 34.1 Å². The number of ketones is 2. The molecule has 0 aromatic rings. The number of Topliss-reactive ketones (excluding diaryl/α,β-unsaturated/α-hetero) is 1. The summed E-state index contributed by atoms with van der Waals surface area (Å²) in [6.45, 7) is 12.7. The first-order valence-electron chi connectivity index (χ1n) is 8.41. The average Bonchev–Trinajstić information content (AvgIpc) is 2.61. The lowest BCUT2D eigenvalue weighted by Crippen LogP contribution is -2.52. The number of hydrogen-bond acceptors (Lipinski definition) is 2. The summed E-state index contributed by atoms with van der Waals surface area (Å²) in [5.41, 5.74) is 1.34. The Morgan fingerprint density at radius 1 is 1.14 bits per heavy atom. The molecule has 0 amide bonds. The van der Waals surface area contributed by atoms with Crippen LogP contribution in [0.1, 0.15) is 46.0 Å². The summed E-state index contributed by atoms with van der Waals surface area (Å²) < 4.78 is 0. The first kappa shape index (κ1) is 14.2. The smallest absolute Gasteiger partial charge is 0.181 e. The van der Waals surface area contributed by atoms with Gasteiger partial charge in [0, 0.05) is 10.8 Å². The molecule has 2 bridgehead atoms. The third-order valence-electron chi connectivity index (χ3n) is 7.49. The maximum Gasteiger partial charge on any atom is 0.181 e. The van der Waals surface area contributed by atoms with Crippen molar-refractivity contribution in [2.24, 2.45) is 28.1 Å². The van der Waals surface area contributed by atoms with E-state index in [1.807, 2.05) is 0 Å². The zero-order valence-electron chi connectivity index (χ0n) is 13.6. The summed E-state index contributed by atoms with van der Waals surface area (Å²) in [6.07, 6.45) is 8.74. The Bertz CT molecular complexity index is 669. The van der Waals surface area contributed by atoms with Gasteiger partial charge in [0.2, 0.25) is 0 Å². The van der Waals surface area contributed by atoms with Crippen LogP contribution in [0, 0.1) is 28.1 Å². The Hall–Kier alpha value is -1.44. The largest absolute Gasteiger partial charge is 0.294 e. The van der Waals surface area contributed by atoms with E-state index in [-0.39, 0.29) is 27.9 Å². The summed E-state index contributed by atoms with van der Waals surface area (Å²) in [5, 5.41) is 0. The molecule has 0 aliphatic heterocycles. The SMILES string of the molecule is C=C1C(=O)C=C[C@]2(C)[C@@H]1CC[C@]13C[C@](C)(CC[C@H]12)C(=O)C3=C. The fourth-order valence-corrected chi connectivity index (χ4v) is 6.34. The van der Waals surface area contributed by atoms with Crippen LogP contribution in [-0.2, 0) is 9.59 Å². The van der Waals surface area contributed by atoms with Crippen molar-refractivity contribution >= 4 is 11.6 Å². The first-order chi connectivity index (χ1) is 10.2. The molecule has 0 heterocycles. The maximum atomic E-state index is 12.7. The molecule has 0 radical (unpaired) electrons. The van der Waals surface area contributed by atoms with Crippen molar-refractivity contribution in [2.75, 3.05) is 0 Å². The van der Waals surface area contributed by atoms with Crippen LogP contribution in [-0.4, -0.2) is 11.6 Å². The van der Waals surface area contributed by atoms with Crippen LogP contribution in [0.3, 0.4) is 0 Å². The quantitative estimate of drug-likeness (QED) is 0.632. The van der Waals surface area contributed by atoms with E-state index in [1.54, 1.807) is 6.08 Å². The number of rotatable bonds is 0. The van der Waals surface area contributed by atoms with Crippen molar-refractivity contribution in [3.8, 4) is 0 Å². The minimum atomic E-state index is -0.192. The number of fused-ring (bicyclic) bond motifs is 3. The molecule has 4 aliphatic rings. The van der Waals surface area contributed by atoms with Crippen molar-refractivity contribution in [2.45, 2.75) is 46.0 Å². The van der Waals surface area contributed by atoms with Gasteiger partial charge in [0.15, 0.2) is 11.6 Å². The fraction of sp³-hybridized carbons (Fsp3) is 0.600. The molecule has 3 saturated carbocycles. The highest BCUT2D eigenvalue weighted by atomic mass is 16.1. The van der Waals surface area contributed by atoms with Crippen LogP contribution < -0.4 is 0 Å². The zero-order chi connectivity index (χ0) is 15.9. The molecule has 0 unspecified atom stereocenters. The fourth-order valence-electron chi connectivity index (χ4n) is 6.34. The number of carbonyl (C=O) groups excluding carboxylic acids is 2. The predicted octanol–water partition coefficient (Wildman–Crippen LogP) is 4.03. The molecule has 5 atom stereocenters. The van der Waals surface area contributed by atoms with E-state index in [0.29, 0.717) is 11.7 Å². The number of allylic oxidation sites excluding steroid dienone is 4. The van der Waals surface area contributed by atoms with Crippen molar-refractivity contribution < 1.29 is 9.59 Å². The van der Waals surface area contributed by atoms with E-state index in [0.717, 1.165) is 43.3 Å². The van der Waals surface area contributed by atoms with Gasteiger partial charge in [-0.1, -0.05) is 33.1 Å². The molecule has 1 spiro atoms. The molecule has 0 saturated heterocycles. The van der Waals surface area contributed by atoms with Crippen LogP contribution in [0.25, 0.3) is 0 Å². The average molecular weight is 296 g/mol. The van der Waals surface area contributed by atoms with Gasteiger partial charge < -0.3 is 0 Å². The van der Waals surface area contributed by atoms with Crippen LogP contribution in [0.2, 0.25) is 0 Å². The Balaban J connectivity index is 1.86. The third-order valence-corrected chi connectivity index (χ3v) is 7.49. The highest BCUT2D eigenvalue weighted by Gasteiger charge is 2.67. The second-order valence-electron chi connectivity index (χ2n) is 8.47. The van der Waals surface area contributed by atoms with Gasteiger partial charge in [0.1, 0.15) is 0 Å². The zero-order valence-corrected chi connectivity index (χ0v) is 13.6. The molecule has 0 N–H and O–H groups in total. The summed E-state index contributed by atoms with van der Waals surface area (Å²) in [7, 11) is 0. The van der Waals surface area contributed by atoms with E-state index >= 15 is 0 Å². The second-order valence-corrected chi connectivity index (χ2v) is 8.47. The Labute approximate surface area is 132 Å². The molecular formula is C20H24O2. The van der Waals surface area contributed by atoms with Crippen molar-refractivity contribution in [3.05, 3.63) is 36.5 Å². The lowest BCUT2D eigenvalue weighted by molar-refractivity contribution is -0.123. The van der Waals surface area contributed by atoms with E-state index in [2.05, 4.69) is 33.1 Å². The molecule has 4 aliphatic carbocycles. The van der Waals surface area contributed by atoms with Crippen molar-refractivity contribution in [1.82, 2.24) is 0 Å². The summed E-state index contributed by atoms with van der Waals surface area (Å²) >= 11 is 0. The van der Waals surface area contributed by atoms with Gasteiger partial charge in [0.25, 0.3) is 0 Å². The summed E-state index contributed by atoms with van der Waals surface area (Å²) in [4.78, 5) is 24.8. The first-order valence-corrected chi connectivity index (χ1v) is 8.41. The molecule has 22 heavy (non-hydrogen) atoms. The standard InChI is InChI=1S/C20H24O2/c1-12-14-5-10-20-11-18(3,17(22)13(20)2)8-7-16(20)19(14,4)9-6-15(12)21/h6,9,14,16H,1-2,5,7-8,10-11H2,3-4H3/t14-,16+,18+,19-,20-/m1/s1. The molecule has 4 rings (SSSR count). The molecular weight excluding hydrogens is 272 g/mol. The molecule has 2 heteroatoms. The minimum absolute atomic E-state index is 0.0413. The normalized spacial score (nSPS) is 50.1. The molecule has 0 aromatic carbocycles.